The lowest BCUT2D eigenvalue weighted by molar-refractivity contribution is 0.439. The molecular formula is C11H8N4O. The van der Waals surface area contributed by atoms with Gasteiger partial charge in [-0.2, -0.15) is 10.2 Å². The van der Waals surface area contributed by atoms with Gasteiger partial charge in [0, 0.05) is 11.9 Å². The Kier molecular flexibility index (Phi) is 2.74. The van der Waals surface area contributed by atoms with Crippen LogP contribution in [0.2, 0.25) is 0 Å². The first-order valence-corrected chi connectivity index (χ1v) is 4.61. The zero-order valence-corrected chi connectivity index (χ0v) is 8.58. The average Bonchev–Trinajstić information content (AvgIpc) is 2.32. The lowest BCUT2D eigenvalue weighted by atomic mass is 10.4. The molecule has 0 N–H and O–H groups in total. The third kappa shape index (κ3) is 2.30. The van der Waals surface area contributed by atoms with Crippen LogP contribution in [0, 0.1) is 18.3 Å². The second-order valence-electron chi connectivity index (χ2n) is 3.07. The van der Waals surface area contributed by atoms with Gasteiger partial charge in [0.05, 0.1) is 6.20 Å². The molecule has 0 bridgehead atoms. The number of aryl methyl sites for hydroxylation is 1. The minimum atomic E-state index is 0.143. The number of aromatic nitrogens is 3. The third-order valence-electron chi connectivity index (χ3n) is 1.84. The summed E-state index contributed by atoms with van der Waals surface area (Å²) >= 11 is 0. The van der Waals surface area contributed by atoms with E-state index in [9.17, 15) is 0 Å². The van der Waals surface area contributed by atoms with E-state index in [1.807, 2.05) is 19.1 Å². The minimum absolute atomic E-state index is 0.143. The molecule has 5 heteroatoms. The van der Waals surface area contributed by atoms with Crippen LogP contribution in [-0.2, 0) is 0 Å². The fourth-order valence-electron chi connectivity index (χ4n) is 1.07. The third-order valence-corrected chi connectivity index (χ3v) is 1.84. The van der Waals surface area contributed by atoms with Crippen LogP contribution < -0.4 is 4.74 Å². The highest BCUT2D eigenvalue weighted by Gasteiger charge is 2.01. The number of nitriles is 1. The van der Waals surface area contributed by atoms with E-state index in [4.69, 9.17) is 10.00 Å². The molecule has 78 valence electrons. The van der Waals surface area contributed by atoms with Gasteiger partial charge in [-0.15, -0.1) is 0 Å². The smallest absolute Gasteiger partial charge is 0.323 e. The van der Waals surface area contributed by atoms with Crippen molar-refractivity contribution in [1.82, 2.24) is 15.0 Å². The van der Waals surface area contributed by atoms with Crippen LogP contribution in [0.5, 0.6) is 11.8 Å². The Morgan fingerprint density at radius 3 is 2.81 bits per heavy atom. The first kappa shape index (κ1) is 10.1. The number of hydrogen-bond donors (Lipinski definition) is 0. The van der Waals surface area contributed by atoms with Gasteiger partial charge in [0.1, 0.15) is 17.5 Å². The normalized spacial score (nSPS) is 9.50. The van der Waals surface area contributed by atoms with Crippen molar-refractivity contribution < 1.29 is 4.74 Å². The molecule has 5 nitrogen and oxygen atoms in total. The van der Waals surface area contributed by atoms with Crippen molar-refractivity contribution in [3.63, 3.8) is 0 Å². The SMILES string of the molecule is Cc1ccc(Oc2nccc(C#N)n2)cn1. The molecule has 0 aliphatic carbocycles. The van der Waals surface area contributed by atoms with Crippen molar-refractivity contribution >= 4 is 0 Å². The zero-order valence-electron chi connectivity index (χ0n) is 8.58. The summed E-state index contributed by atoms with van der Waals surface area (Å²) in [7, 11) is 0. The Bertz CT molecular complexity index is 530. The summed E-state index contributed by atoms with van der Waals surface area (Å²) < 4.78 is 5.34. The molecule has 16 heavy (non-hydrogen) atoms. The van der Waals surface area contributed by atoms with Crippen molar-refractivity contribution in [2.75, 3.05) is 0 Å². The average molecular weight is 212 g/mol. The molecule has 0 saturated carbocycles. The molecule has 2 aromatic rings. The topological polar surface area (TPSA) is 71.7 Å². The summed E-state index contributed by atoms with van der Waals surface area (Å²) in [5.41, 5.74) is 1.17. The van der Waals surface area contributed by atoms with Crippen LogP contribution >= 0.6 is 0 Å². The van der Waals surface area contributed by atoms with Gasteiger partial charge in [0.15, 0.2) is 0 Å². The van der Waals surface area contributed by atoms with E-state index in [1.165, 1.54) is 12.3 Å². The van der Waals surface area contributed by atoms with Crippen molar-refractivity contribution in [3.05, 3.63) is 42.0 Å². The standard InChI is InChI=1S/C11H8N4O/c1-8-2-3-10(7-14-8)16-11-13-5-4-9(6-12)15-11/h2-5,7H,1H3. The first-order valence-electron chi connectivity index (χ1n) is 4.61. The quantitative estimate of drug-likeness (QED) is 0.759. The zero-order chi connectivity index (χ0) is 11.4. The molecule has 2 aromatic heterocycles. The Hall–Kier alpha value is -2.48. The molecule has 0 radical (unpaired) electrons. The molecule has 0 aliphatic rings. The molecule has 0 saturated heterocycles. The Balaban J connectivity index is 2.21. The van der Waals surface area contributed by atoms with Gasteiger partial charge < -0.3 is 4.74 Å². The molecule has 0 spiro atoms. The maximum Gasteiger partial charge on any atom is 0.323 e. The second kappa shape index (κ2) is 4.36. The van der Waals surface area contributed by atoms with Gasteiger partial charge >= 0.3 is 6.01 Å². The predicted octanol–water partition coefficient (Wildman–Crippen LogP) is 1.84. The van der Waals surface area contributed by atoms with Crippen LogP contribution in [0.1, 0.15) is 11.4 Å². The molecule has 0 unspecified atom stereocenters. The van der Waals surface area contributed by atoms with Gasteiger partial charge in [-0.25, -0.2) is 4.98 Å². The lowest BCUT2D eigenvalue weighted by Crippen LogP contribution is -1.94. The van der Waals surface area contributed by atoms with Crippen LogP contribution in [0.4, 0.5) is 0 Å². The van der Waals surface area contributed by atoms with Gasteiger partial charge in [-0.3, -0.25) is 4.98 Å². The molecule has 0 amide bonds. The van der Waals surface area contributed by atoms with Gasteiger partial charge in [0.2, 0.25) is 0 Å². The van der Waals surface area contributed by atoms with Crippen molar-refractivity contribution in [2.24, 2.45) is 0 Å². The molecular weight excluding hydrogens is 204 g/mol. The van der Waals surface area contributed by atoms with Crippen LogP contribution in [0.25, 0.3) is 0 Å². The summed E-state index contributed by atoms with van der Waals surface area (Å²) in [6, 6.07) is 7.16. The fourth-order valence-corrected chi connectivity index (χ4v) is 1.07. The van der Waals surface area contributed by atoms with Crippen molar-refractivity contribution in [2.45, 2.75) is 6.92 Å². The van der Waals surface area contributed by atoms with E-state index >= 15 is 0 Å². The second-order valence-corrected chi connectivity index (χ2v) is 3.07. The van der Waals surface area contributed by atoms with Crippen LogP contribution in [-0.4, -0.2) is 15.0 Å². The Morgan fingerprint density at radius 1 is 1.25 bits per heavy atom. The number of ether oxygens (including phenoxy) is 1. The summed E-state index contributed by atoms with van der Waals surface area (Å²) in [4.78, 5) is 11.9. The summed E-state index contributed by atoms with van der Waals surface area (Å²) in [5.74, 6) is 0.542. The molecule has 0 aliphatic heterocycles. The molecule has 2 heterocycles. The van der Waals surface area contributed by atoms with Gasteiger partial charge in [-0.1, -0.05) is 0 Å². The monoisotopic (exact) mass is 212 g/mol. The van der Waals surface area contributed by atoms with E-state index in [1.54, 1.807) is 12.3 Å². The minimum Gasteiger partial charge on any atom is -0.423 e. The van der Waals surface area contributed by atoms with E-state index < -0.39 is 0 Å². The number of pyridine rings is 1. The largest absolute Gasteiger partial charge is 0.423 e. The Morgan fingerprint density at radius 2 is 2.12 bits per heavy atom. The van der Waals surface area contributed by atoms with Crippen LogP contribution in [0.15, 0.2) is 30.6 Å². The maximum atomic E-state index is 8.66. The summed E-state index contributed by atoms with van der Waals surface area (Å²) in [6.07, 6.45) is 3.06. The number of hydrogen-bond acceptors (Lipinski definition) is 5. The molecule has 0 aromatic carbocycles. The number of rotatable bonds is 2. The lowest BCUT2D eigenvalue weighted by Gasteiger charge is -2.02. The van der Waals surface area contributed by atoms with Crippen LogP contribution in [0.3, 0.4) is 0 Å². The van der Waals surface area contributed by atoms with Gasteiger partial charge in [0.25, 0.3) is 0 Å². The fraction of sp³-hybridized carbons (Fsp3) is 0.0909. The van der Waals surface area contributed by atoms with Crippen molar-refractivity contribution in [1.29, 1.82) is 5.26 Å². The molecule has 0 atom stereocenters. The van der Waals surface area contributed by atoms with E-state index in [-0.39, 0.29) is 11.7 Å². The highest BCUT2D eigenvalue weighted by atomic mass is 16.5. The maximum absolute atomic E-state index is 8.66. The van der Waals surface area contributed by atoms with E-state index in [2.05, 4.69) is 15.0 Å². The summed E-state index contributed by atoms with van der Waals surface area (Å²) in [5, 5.41) is 8.66. The highest BCUT2D eigenvalue weighted by molar-refractivity contribution is 5.24. The number of nitrogens with zero attached hydrogens (tertiary/aromatic N) is 4. The highest BCUT2D eigenvalue weighted by Crippen LogP contribution is 2.15. The first-order chi connectivity index (χ1) is 7.78. The predicted molar refractivity (Wildman–Crippen MR) is 55.8 cm³/mol. The molecule has 2 rings (SSSR count). The van der Waals surface area contributed by atoms with Gasteiger partial charge in [-0.05, 0) is 25.1 Å². The van der Waals surface area contributed by atoms with E-state index in [0.717, 1.165) is 5.69 Å². The van der Waals surface area contributed by atoms with Crippen molar-refractivity contribution in [3.8, 4) is 17.8 Å². The Labute approximate surface area is 92.4 Å². The molecule has 0 fully saturated rings. The summed E-state index contributed by atoms with van der Waals surface area (Å²) in [6.45, 7) is 1.89. The van der Waals surface area contributed by atoms with E-state index in [0.29, 0.717) is 5.75 Å².